The maximum absolute atomic E-state index is 13.2. The molecular weight excluding hydrogens is 466 g/mol. The minimum atomic E-state index is -0.230. The van der Waals surface area contributed by atoms with Gasteiger partial charge in [-0.1, -0.05) is 48.5 Å². The van der Waals surface area contributed by atoms with Crippen molar-refractivity contribution in [2.75, 3.05) is 13.7 Å². The molecule has 1 unspecified atom stereocenters. The predicted octanol–water partition coefficient (Wildman–Crippen LogP) is 4.16. The highest BCUT2D eigenvalue weighted by Gasteiger charge is 2.33. The van der Waals surface area contributed by atoms with Crippen molar-refractivity contribution < 1.29 is 14.3 Å². The molecule has 0 saturated heterocycles. The Labute approximate surface area is 215 Å². The van der Waals surface area contributed by atoms with Gasteiger partial charge in [0, 0.05) is 44.6 Å². The van der Waals surface area contributed by atoms with Crippen LogP contribution in [-0.4, -0.2) is 45.6 Å². The quantitative estimate of drug-likeness (QED) is 0.378. The van der Waals surface area contributed by atoms with Gasteiger partial charge in [0.25, 0.3) is 0 Å². The smallest absolute Gasteiger partial charge is 0.243 e. The van der Waals surface area contributed by atoms with E-state index in [1.54, 1.807) is 7.11 Å². The normalized spacial score (nSPS) is 15.0. The Bertz CT molecular complexity index is 1380. The summed E-state index contributed by atoms with van der Waals surface area (Å²) in [5, 5.41) is 9.12. The maximum atomic E-state index is 13.2. The number of ether oxygens (including phenoxy) is 1. The molecule has 1 aliphatic rings. The second kappa shape index (κ2) is 11.1. The van der Waals surface area contributed by atoms with Crippen LogP contribution in [0.3, 0.4) is 0 Å². The number of benzene rings is 2. The van der Waals surface area contributed by atoms with Crippen LogP contribution in [0.2, 0.25) is 0 Å². The summed E-state index contributed by atoms with van der Waals surface area (Å²) in [4.78, 5) is 30.2. The third kappa shape index (κ3) is 5.69. The molecule has 5 rings (SSSR count). The third-order valence-corrected chi connectivity index (χ3v) is 6.46. The number of hydrazone groups is 1. The Morgan fingerprint density at radius 2 is 1.78 bits per heavy atom. The molecule has 0 radical (unpaired) electrons. The van der Waals surface area contributed by atoms with Gasteiger partial charge >= 0.3 is 0 Å². The van der Waals surface area contributed by atoms with Crippen LogP contribution in [0.15, 0.2) is 90.3 Å². The second-order valence-corrected chi connectivity index (χ2v) is 8.94. The summed E-state index contributed by atoms with van der Waals surface area (Å²) in [7, 11) is 1.62. The molecule has 2 aromatic heterocycles. The summed E-state index contributed by atoms with van der Waals surface area (Å²) in [5.41, 5.74) is 4.60. The number of nitrogens with zero attached hydrogens (tertiary/aromatic N) is 4. The molecule has 8 heteroatoms. The Hall–Kier alpha value is -4.46. The van der Waals surface area contributed by atoms with Gasteiger partial charge in [0.2, 0.25) is 11.8 Å². The van der Waals surface area contributed by atoms with Gasteiger partial charge in [0.1, 0.15) is 11.4 Å². The first-order chi connectivity index (χ1) is 18.1. The number of hydrogen-bond acceptors (Lipinski definition) is 5. The van der Waals surface area contributed by atoms with E-state index in [0.717, 1.165) is 33.9 Å². The summed E-state index contributed by atoms with van der Waals surface area (Å²) >= 11 is 0. The number of imidazole rings is 1. The van der Waals surface area contributed by atoms with Crippen LogP contribution in [0.25, 0.3) is 5.65 Å². The van der Waals surface area contributed by atoms with Crippen molar-refractivity contribution in [1.29, 1.82) is 0 Å². The largest absolute Gasteiger partial charge is 0.497 e. The van der Waals surface area contributed by atoms with Gasteiger partial charge in [0.15, 0.2) is 0 Å². The fourth-order valence-corrected chi connectivity index (χ4v) is 4.49. The van der Waals surface area contributed by atoms with Crippen LogP contribution >= 0.6 is 0 Å². The van der Waals surface area contributed by atoms with Crippen molar-refractivity contribution >= 4 is 23.2 Å². The lowest BCUT2D eigenvalue weighted by Crippen LogP contribution is -2.30. The van der Waals surface area contributed by atoms with Gasteiger partial charge in [-0.2, -0.15) is 5.10 Å². The number of pyridine rings is 1. The molecule has 3 heterocycles. The van der Waals surface area contributed by atoms with Crippen LogP contribution in [0.1, 0.15) is 42.1 Å². The number of amides is 2. The summed E-state index contributed by atoms with van der Waals surface area (Å²) in [6, 6.07) is 23.1. The van der Waals surface area contributed by atoms with Crippen LogP contribution in [-0.2, 0) is 16.0 Å². The van der Waals surface area contributed by atoms with E-state index in [4.69, 9.17) is 4.74 Å². The van der Waals surface area contributed by atoms with E-state index in [-0.39, 0.29) is 30.7 Å². The molecule has 0 bridgehead atoms. The summed E-state index contributed by atoms with van der Waals surface area (Å²) in [6.07, 6.45) is 5.31. The molecule has 0 spiro atoms. The molecule has 4 aromatic rings. The molecule has 2 amide bonds. The Balaban J connectivity index is 1.20. The van der Waals surface area contributed by atoms with E-state index in [0.29, 0.717) is 19.4 Å². The Morgan fingerprint density at radius 1 is 1.00 bits per heavy atom. The van der Waals surface area contributed by atoms with E-state index in [9.17, 15) is 9.59 Å². The van der Waals surface area contributed by atoms with Crippen molar-refractivity contribution in [2.45, 2.75) is 31.7 Å². The lowest BCUT2D eigenvalue weighted by molar-refractivity contribution is -0.135. The maximum Gasteiger partial charge on any atom is 0.243 e. The lowest BCUT2D eigenvalue weighted by atomic mass is 9.98. The van der Waals surface area contributed by atoms with Gasteiger partial charge in [-0.05, 0) is 35.4 Å². The molecule has 0 fully saturated rings. The molecule has 188 valence electrons. The highest BCUT2D eigenvalue weighted by Crippen LogP contribution is 2.34. The zero-order valence-corrected chi connectivity index (χ0v) is 20.7. The van der Waals surface area contributed by atoms with Crippen LogP contribution in [0, 0.1) is 0 Å². The topological polar surface area (TPSA) is 88.3 Å². The second-order valence-electron chi connectivity index (χ2n) is 8.94. The highest BCUT2D eigenvalue weighted by atomic mass is 16.5. The highest BCUT2D eigenvalue weighted by molar-refractivity contribution is 6.03. The van der Waals surface area contributed by atoms with Crippen molar-refractivity contribution in [2.24, 2.45) is 5.10 Å². The lowest BCUT2D eigenvalue weighted by Gasteiger charge is -2.22. The molecule has 1 aliphatic heterocycles. The first-order valence-electron chi connectivity index (χ1n) is 12.4. The number of rotatable bonds is 9. The van der Waals surface area contributed by atoms with Crippen LogP contribution in [0.4, 0.5) is 0 Å². The van der Waals surface area contributed by atoms with E-state index in [1.807, 2.05) is 89.6 Å². The van der Waals surface area contributed by atoms with E-state index >= 15 is 0 Å². The van der Waals surface area contributed by atoms with Crippen molar-refractivity contribution in [1.82, 2.24) is 19.7 Å². The van der Waals surface area contributed by atoms with Crippen molar-refractivity contribution in [3.05, 3.63) is 102 Å². The fourth-order valence-electron chi connectivity index (χ4n) is 4.49. The molecule has 37 heavy (non-hydrogen) atoms. The number of methoxy groups -OCH3 is 1. The standard InChI is InChI=1S/C29H29N5O3/c1-37-24-12-10-22(11-13-24)26-19-25(21-7-3-2-4-8-21)32-34(26)29(36)15-14-28(35)30-17-16-23-20-33-18-6-5-9-27(33)31-23/h2-13,18,20,26H,14-17,19H2,1H3,(H,30,35). The van der Waals surface area contributed by atoms with Crippen molar-refractivity contribution in [3.63, 3.8) is 0 Å². The zero-order valence-electron chi connectivity index (χ0n) is 20.7. The average molecular weight is 496 g/mol. The minimum Gasteiger partial charge on any atom is -0.497 e. The number of nitrogens with one attached hydrogen (secondary N) is 1. The zero-order chi connectivity index (χ0) is 25.6. The number of fused-ring (bicyclic) bond motifs is 1. The molecular formula is C29H29N5O3. The monoisotopic (exact) mass is 495 g/mol. The predicted molar refractivity (Wildman–Crippen MR) is 141 cm³/mol. The Kier molecular flexibility index (Phi) is 7.26. The summed E-state index contributed by atoms with van der Waals surface area (Å²) < 4.78 is 7.23. The summed E-state index contributed by atoms with van der Waals surface area (Å²) in [6.45, 7) is 0.464. The average Bonchev–Trinajstić information content (AvgIpc) is 3.57. The van der Waals surface area contributed by atoms with E-state index in [1.165, 1.54) is 5.01 Å². The SMILES string of the molecule is COc1ccc(C2CC(c3ccccc3)=NN2C(=O)CCC(=O)NCCc2cn3ccccc3n2)cc1. The van der Waals surface area contributed by atoms with Crippen LogP contribution in [0.5, 0.6) is 5.75 Å². The van der Waals surface area contributed by atoms with E-state index in [2.05, 4.69) is 15.4 Å². The minimum absolute atomic E-state index is 0.0818. The summed E-state index contributed by atoms with van der Waals surface area (Å²) in [5.74, 6) is 0.413. The first-order valence-corrected chi connectivity index (χ1v) is 12.4. The number of carbonyl (C=O) groups excluding carboxylic acids is 2. The van der Waals surface area contributed by atoms with Crippen LogP contribution < -0.4 is 10.1 Å². The number of aromatic nitrogens is 2. The van der Waals surface area contributed by atoms with Crippen molar-refractivity contribution in [3.8, 4) is 5.75 Å². The molecule has 2 aromatic carbocycles. The van der Waals surface area contributed by atoms with Gasteiger partial charge in [-0.15, -0.1) is 0 Å². The van der Waals surface area contributed by atoms with E-state index < -0.39 is 0 Å². The number of carbonyl (C=O) groups is 2. The van der Waals surface area contributed by atoms with Gasteiger partial charge in [-0.3, -0.25) is 9.59 Å². The molecule has 1 atom stereocenters. The first kappa shape index (κ1) is 24.2. The third-order valence-electron chi connectivity index (χ3n) is 6.46. The number of hydrogen-bond donors (Lipinski definition) is 1. The molecule has 0 saturated carbocycles. The van der Waals surface area contributed by atoms with Gasteiger partial charge in [0.05, 0.1) is 24.6 Å². The molecule has 8 nitrogen and oxygen atoms in total. The van der Waals surface area contributed by atoms with Gasteiger partial charge < -0.3 is 14.5 Å². The van der Waals surface area contributed by atoms with Gasteiger partial charge in [-0.25, -0.2) is 9.99 Å². The Morgan fingerprint density at radius 3 is 2.54 bits per heavy atom. The molecule has 0 aliphatic carbocycles. The molecule has 1 N–H and O–H groups in total. The fraction of sp³-hybridized carbons (Fsp3) is 0.241.